The van der Waals surface area contributed by atoms with Crippen molar-refractivity contribution in [3.8, 4) is 5.75 Å². The third-order valence-electron chi connectivity index (χ3n) is 3.35. The van der Waals surface area contributed by atoms with Gasteiger partial charge in [-0.3, -0.25) is 0 Å². The molecule has 109 valence electrons. The number of benzene rings is 1. The fraction of sp³-hybridized carbons (Fsp3) is 0.375. The van der Waals surface area contributed by atoms with Gasteiger partial charge >= 0.3 is 122 Å². The van der Waals surface area contributed by atoms with Crippen LogP contribution in [0.4, 0.5) is 0 Å². The second-order valence-corrected chi connectivity index (χ2v) is 5.41. The molecule has 1 aromatic rings. The molecule has 1 aliphatic carbocycles. The van der Waals surface area contributed by atoms with Gasteiger partial charge in [0.2, 0.25) is 0 Å². The molecule has 0 radical (unpaired) electrons. The molecule has 0 fully saturated rings. The number of allylic oxidation sites excluding steroid dienone is 4. The Kier molecular flexibility index (Phi) is 9.58. The van der Waals surface area contributed by atoms with Gasteiger partial charge in [-0.25, -0.2) is 0 Å². The Morgan fingerprint density at radius 3 is 2.45 bits per heavy atom. The minimum absolute atomic E-state index is 0. The van der Waals surface area contributed by atoms with E-state index in [4.69, 9.17) is 4.74 Å². The van der Waals surface area contributed by atoms with Crippen LogP contribution >= 0.6 is 24.8 Å². The van der Waals surface area contributed by atoms with Crippen LogP contribution in [-0.4, -0.2) is 6.61 Å². The Balaban J connectivity index is 0.00000180. The van der Waals surface area contributed by atoms with Gasteiger partial charge in [0.15, 0.2) is 0 Å². The zero-order valence-corrected chi connectivity index (χ0v) is 15.1. The minimum Gasteiger partial charge on any atom is -0.147 e. The molecule has 0 amide bonds. The van der Waals surface area contributed by atoms with Crippen molar-refractivity contribution in [3.05, 3.63) is 51.4 Å². The first-order chi connectivity index (χ1) is 8.77. The smallest absolute Gasteiger partial charge is 0.147 e. The minimum atomic E-state index is 0. The number of para-hydroxylation sites is 1. The predicted molar refractivity (Wildman–Crippen MR) is 85.9 cm³/mol. The summed E-state index contributed by atoms with van der Waals surface area (Å²) in [6.45, 7) is 5.01. The van der Waals surface area contributed by atoms with Crippen molar-refractivity contribution in [1.82, 2.24) is 0 Å². The maximum Gasteiger partial charge on any atom is -0.147 e. The third kappa shape index (κ3) is 4.39. The molecular formula is C16H21Cl2OTi. The Hall–Kier alpha value is -0.206. The summed E-state index contributed by atoms with van der Waals surface area (Å²) < 4.78 is 7.26. The molecule has 0 N–H and O–H groups in total. The summed E-state index contributed by atoms with van der Waals surface area (Å²) in [5.74, 6) is 1.50. The summed E-state index contributed by atoms with van der Waals surface area (Å²) in [7, 11) is 0. The van der Waals surface area contributed by atoms with Gasteiger partial charge < -0.3 is 0 Å². The first-order valence-corrected chi connectivity index (χ1v) is 7.38. The Labute approximate surface area is 146 Å². The van der Waals surface area contributed by atoms with E-state index in [1.807, 2.05) is 13.0 Å². The fourth-order valence-corrected chi connectivity index (χ4v) is 3.10. The van der Waals surface area contributed by atoms with E-state index in [-0.39, 0.29) is 24.8 Å². The van der Waals surface area contributed by atoms with Gasteiger partial charge in [-0.15, -0.1) is 24.8 Å². The average molecular weight is 348 g/mol. The van der Waals surface area contributed by atoms with Crippen molar-refractivity contribution >= 4 is 24.8 Å². The van der Waals surface area contributed by atoms with Crippen molar-refractivity contribution in [2.45, 2.75) is 32.6 Å². The Morgan fingerprint density at radius 1 is 1.20 bits per heavy atom. The molecular weight excluding hydrogens is 327 g/mol. The van der Waals surface area contributed by atoms with Crippen LogP contribution in [0, 0.1) is 0 Å². The van der Waals surface area contributed by atoms with Crippen molar-refractivity contribution in [2.24, 2.45) is 0 Å². The van der Waals surface area contributed by atoms with Crippen molar-refractivity contribution < 1.29 is 25.2 Å². The van der Waals surface area contributed by atoms with E-state index in [0.717, 1.165) is 25.2 Å². The summed E-state index contributed by atoms with van der Waals surface area (Å²) in [4.78, 5) is 0. The van der Waals surface area contributed by atoms with Crippen molar-refractivity contribution in [1.29, 1.82) is 0 Å². The summed E-state index contributed by atoms with van der Waals surface area (Å²) >= 11 is 2.24. The molecule has 0 bridgehead atoms. The first-order valence-electron chi connectivity index (χ1n) is 6.60. The Bertz CT molecular complexity index is 483. The van der Waals surface area contributed by atoms with Crippen molar-refractivity contribution in [2.75, 3.05) is 6.61 Å². The molecule has 1 unspecified atom stereocenters. The van der Waals surface area contributed by atoms with Crippen LogP contribution in [0.3, 0.4) is 0 Å². The predicted octanol–water partition coefficient (Wildman–Crippen LogP) is 5.18. The molecule has 0 aromatic heterocycles. The van der Waals surface area contributed by atoms with E-state index < -0.39 is 0 Å². The third-order valence-corrected chi connectivity index (χ3v) is 4.12. The normalized spacial score (nSPS) is 14.4. The van der Waals surface area contributed by atoms with Gasteiger partial charge in [0.05, 0.1) is 0 Å². The quantitative estimate of drug-likeness (QED) is 0.666. The molecule has 1 nitrogen and oxygen atoms in total. The molecule has 1 aliphatic rings. The molecule has 0 saturated heterocycles. The second kappa shape index (κ2) is 9.68. The van der Waals surface area contributed by atoms with Crippen molar-refractivity contribution in [3.63, 3.8) is 0 Å². The topological polar surface area (TPSA) is 9.23 Å². The monoisotopic (exact) mass is 347 g/mol. The van der Waals surface area contributed by atoms with Gasteiger partial charge in [-0.05, 0) is 0 Å². The SMILES string of the molecule is CCOc1ccccc1C(CC)C1=[C]([Ti])CC=C1.Cl.Cl. The maximum absolute atomic E-state index is 5.77. The van der Waals surface area contributed by atoms with Crippen LogP contribution in [-0.2, 0) is 20.4 Å². The molecule has 0 aliphatic heterocycles. The Morgan fingerprint density at radius 2 is 1.90 bits per heavy atom. The molecule has 2 rings (SSSR count). The summed E-state index contributed by atoms with van der Waals surface area (Å²) in [5, 5.41) is 0. The van der Waals surface area contributed by atoms with Crippen LogP contribution in [0.15, 0.2) is 45.9 Å². The van der Waals surface area contributed by atoms with Gasteiger partial charge in [-0.1, -0.05) is 0 Å². The summed E-state index contributed by atoms with van der Waals surface area (Å²) in [6, 6.07) is 8.43. The van der Waals surface area contributed by atoms with Crippen LogP contribution in [0.25, 0.3) is 0 Å². The zero-order chi connectivity index (χ0) is 13.0. The number of ether oxygens (including phenoxy) is 1. The van der Waals surface area contributed by atoms with Crippen LogP contribution in [0.1, 0.15) is 38.2 Å². The van der Waals surface area contributed by atoms with Gasteiger partial charge in [0, 0.05) is 0 Å². The second-order valence-electron chi connectivity index (χ2n) is 4.47. The average Bonchev–Trinajstić information content (AvgIpc) is 2.79. The molecule has 20 heavy (non-hydrogen) atoms. The first kappa shape index (κ1) is 19.8. The largest absolute Gasteiger partial charge is 0.147 e. The fourth-order valence-electron chi connectivity index (χ4n) is 2.51. The van der Waals surface area contributed by atoms with E-state index in [0.29, 0.717) is 5.92 Å². The molecule has 1 aromatic carbocycles. The van der Waals surface area contributed by atoms with Gasteiger partial charge in [-0.2, -0.15) is 0 Å². The number of hydrogen-bond donors (Lipinski definition) is 0. The van der Waals surface area contributed by atoms with Crippen LogP contribution < -0.4 is 4.74 Å². The molecule has 0 saturated carbocycles. The summed E-state index contributed by atoms with van der Waals surface area (Å²) in [5.41, 5.74) is 2.80. The van der Waals surface area contributed by atoms with E-state index >= 15 is 0 Å². The van der Waals surface area contributed by atoms with E-state index in [2.05, 4.69) is 57.7 Å². The van der Waals surface area contributed by atoms with Crippen LogP contribution in [0.5, 0.6) is 5.75 Å². The van der Waals surface area contributed by atoms with Crippen LogP contribution in [0.2, 0.25) is 0 Å². The number of rotatable bonds is 5. The number of halogens is 2. The number of hydrogen-bond acceptors (Lipinski definition) is 1. The van der Waals surface area contributed by atoms with Gasteiger partial charge in [0.1, 0.15) is 0 Å². The summed E-state index contributed by atoms with van der Waals surface area (Å²) in [6.07, 6.45) is 6.76. The van der Waals surface area contributed by atoms with E-state index in [9.17, 15) is 0 Å². The van der Waals surface area contributed by atoms with Gasteiger partial charge in [0.25, 0.3) is 0 Å². The molecule has 0 heterocycles. The standard InChI is InChI=1S/C16H19O.2ClH.Ti/c1-3-14(13-9-5-6-10-13)15-11-7-8-12-16(15)17-4-2;;;/h5,7-9,11-12,14H,3-4,6H2,1-2H3;2*1H;. The maximum atomic E-state index is 5.77. The zero-order valence-electron chi connectivity index (χ0n) is 11.9. The molecule has 4 heteroatoms. The molecule has 1 atom stereocenters. The van der Waals surface area contributed by atoms with E-state index in [1.54, 1.807) is 0 Å². The molecule has 0 spiro atoms. The van der Waals surface area contributed by atoms with E-state index in [1.165, 1.54) is 15.0 Å².